The van der Waals surface area contributed by atoms with Gasteiger partial charge in [-0.2, -0.15) is 13.2 Å². The van der Waals surface area contributed by atoms with E-state index in [2.05, 4.69) is 0 Å². The number of nitrogens with zero attached hydrogens (tertiary/aromatic N) is 2. The van der Waals surface area contributed by atoms with E-state index in [4.69, 9.17) is 0 Å². The van der Waals surface area contributed by atoms with Gasteiger partial charge in [-0.05, 0) is 25.5 Å². The van der Waals surface area contributed by atoms with Crippen molar-refractivity contribution in [3.8, 4) is 0 Å². The second-order valence-electron chi connectivity index (χ2n) is 5.29. The van der Waals surface area contributed by atoms with Crippen LogP contribution in [0.1, 0.15) is 25.0 Å². The summed E-state index contributed by atoms with van der Waals surface area (Å²) in [6, 6.07) is 2.16. The maximum Gasteiger partial charge on any atom is 0.416 e. The maximum absolute atomic E-state index is 13.0. The van der Waals surface area contributed by atoms with Crippen LogP contribution in [0.15, 0.2) is 24.3 Å². The number of ketones is 1. The number of halogens is 3. The van der Waals surface area contributed by atoms with Crippen LogP contribution in [-0.4, -0.2) is 39.5 Å². The Hall–Kier alpha value is -2.71. The first-order valence-corrected chi connectivity index (χ1v) is 6.90. The Bertz CT molecular complexity index is 730. The van der Waals surface area contributed by atoms with Crippen molar-refractivity contribution in [2.45, 2.75) is 32.6 Å². The summed E-state index contributed by atoms with van der Waals surface area (Å²) in [7, 11) is 0. The molecular weight excluding hydrogens is 329 g/mol. The quantitative estimate of drug-likeness (QED) is 0.619. The maximum atomic E-state index is 13.0. The number of carbonyl (C=O) groups is 4. The average molecular weight is 342 g/mol. The number of alkyl halides is 3. The van der Waals surface area contributed by atoms with E-state index in [-0.39, 0.29) is 5.56 Å². The van der Waals surface area contributed by atoms with Crippen LogP contribution in [0, 0.1) is 0 Å². The molecule has 1 aromatic carbocycles. The topological polar surface area (TPSA) is 74.8 Å². The summed E-state index contributed by atoms with van der Waals surface area (Å²) in [6.07, 6.45) is -4.67. The van der Waals surface area contributed by atoms with E-state index in [1.165, 1.54) is 19.1 Å². The molecule has 2 rings (SSSR count). The Balaban J connectivity index is 2.35. The molecule has 4 amide bonds. The standard InChI is InChI=1S/C15H13F3N2O4/c1-8(9(2)21)20-13(23)12(22)19(14(20)24)7-10-5-3-4-6-11(10)15(16,17)18/h3-6,8H,7H2,1-2H3/t8-/m1/s1. The third kappa shape index (κ3) is 3.01. The molecule has 0 bridgehead atoms. The number of benzene rings is 1. The third-order valence-electron chi connectivity index (χ3n) is 3.71. The molecule has 0 radical (unpaired) electrons. The van der Waals surface area contributed by atoms with E-state index in [9.17, 15) is 32.3 Å². The van der Waals surface area contributed by atoms with E-state index in [0.717, 1.165) is 19.1 Å². The van der Waals surface area contributed by atoms with Gasteiger partial charge in [-0.1, -0.05) is 18.2 Å². The minimum Gasteiger partial charge on any atom is -0.298 e. The molecule has 1 atom stereocenters. The van der Waals surface area contributed by atoms with Crippen LogP contribution in [0.25, 0.3) is 0 Å². The molecule has 6 nitrogen and oxygen atoms in total. The van der Waals surface area contributed by atoms with Gasteiger partial charge < -0.3 is 0 Å². The molecule has 0 spiro atoms. The second kappa shape index (κ2) is 6.06. The molecule has 0 aromatic heterocycles. The fourth-order valence-electron chi connectivity index (χ4n) is 2.29. The summed E-state index contributed by atoms with van der Waals surface area (Å²) in [4.78, 5) is 48.3. The van der Waals surface area contributed by atoms with Gasteiger partial charge in [0, 0.05) is 0 Å². The first kappa shape index (κ1) is 17.6. The van der Waals surface area contributed by atoms with E-state index < -0.39 is 48.0 Å². The van der Waals surface area contributed by atoms with Crippen molar-refractivity contribution in [1.82, 2.24) is 9.80 Å². The summed E-state index contributed by atoms with van der Waals surface area (Å²) in [5.41, 5.74) is -1.33. The normalized spacial score (nSPS) is 16.8. The van der Waals surface area contributed by atoms with Crippen molar-refractivity contribution in [2.75, 3.05) is 0 Å². The second-order valence-corrected chi connectivity index (χ2v) is 5.29. The first-order valence-electron chi connectivity index (χ1n) is 6.90. The highest BCUT2D eigenvalue weighted by Gasteiger charge is 2.48. The van der Waals surface area contributed by atoms with Gasteiger partial charge in [0.2, 0.25) is 0 Å². The van der Waals surface area contributed by atoms with Crippen LogP contribution in [0.4, 0.5) is 18.0 Å². The zero-order valence-corrected chi connectivity index (χ0v) is 12.8. The third-order valence-corrected chi connectivity index (χ3v) is 3.71. The number of hydrogen-bond donors (Lipinski definition) is 0. The van der Waals surface area contributed by atoms with E-state index in [0.29, 0.717) is 9.80 Å². The fourth-order valence-corrected chi connectivity index (χ4v) is 2.29. The molecule has 9 heteroatoms. The van der Waals surface area contributed by atoms with Crippen molar-refractivity contribution < 1.29 is 32.3 Å². The Kier molecular flexibility index (Phi) is 4.46. The highest BCUT2D eigenvalue weighted by Crippen LogP contribution is 2.33. The molecule has 0 saturated carbocycles. The molecule has 1 aliphatic heterocycles. The molecular formula is C15H13F3N2O4. The molecule has 1 saturated heterocycles. The monoisotopic (exact) mass is 342 g/mol. The predicted octanol–water partition coefficient (Wildman–Crippen LogP) is 1.97. The summed E-state index contributed by atoms with van der Waals surface area (Å²) >= 11 is 0. The minimum atomic E-state index is -4.67. The number of urea groups is 1. The molecule has 128 valence electrons. The van der Waals surface area contributed by atoms with Gasteiger partial charge in [0.15, 0.2) is 5.78 Å². The predicted molar refractivity (Wildman–Crippen MR) is 74.4 cm³/mol. The lowest BCUT2D eigenvalue weighted by Gasteiger charge is -2.20. The van der Waals surface area contributed by atoms with E-state index in [1.807, 2.05) is 0 Å². The summed E-state index contributed by atoms with van der Waals surface area (Å²) in [6.45, 7) is 1.69. The fraction of sp³-hybridized carbons (Fsp3) is 0.333. The van der Waals surface area contributed by atoms with Crippen LogP contribution in [0.5, 0.6) is 0 Å². The summed E-state index contributed by atoms with van der Waals surface area (Å²) in [5, 5.41) is 0. The van der Waals surface area contributed by atoms with Gasteiger partial charge in [0.25, 0.3) is 0 Å². The number of Topliss-reactive ketones (excluding diaryl/α,β-unsaturated/α-hetero) is 1. The molecule has 1 aromatic rings. The average Bonchev–Trinajstić information content (AvgIpc) is 2.70. The van der Waals surface area contributed by atoms with Gasteiger partial charge in [-0.3, -0.25) is 19.3 Å². The lowest BCUT2D eigenvalue weighted by atomic mass is 10.1. The number of hydrogen-bond acceptors (Lipinski definition) is 4. The van der Waals surface area contributed by atoms with Gasteiger partial charge in [-0.15, -0.1) is 0 Å². The first-order chi connectivity index (χ1) is 11.1. The van der Waals surface area contributed by atoms with Crippen molar-refractivity contribution in [1.29, 1.82) is 0 Å². The minimum absolute atomic E-state index is 0.322. The van der Waals surface area contributed by atoms with Gasteiger partial charge in [-0.25, -0.2) is 9.69 Å². The van der Waals surface area contributed by atoms with Crippen LogP contribution in [-0.2, 0) is 27.1 Å². The van der Waals surface area contributed by atoms with Crippen LogP contribution < -0.4 is 0 Å². The van der Waals surface area contributed by atoms with Crippen molar-refractivity contribution >= 4 is 23.6 Å². The molecule has 0 N–H and O–H groups in total. The molecule has 0 unspecified atom stereocenters. The summed E-state index contributed by atoms with van der Waals surface area (Å²) in [5.74, 6) is -3.01. The Labute approximate surface area is 134 Å². The van der Waals surface area contributed by atoms with Crippen LogP contribution in [0.2, 0.25) is 0 Å². The zero-order valence-electron chi connectivity index (χ0n) is 12.8. The number of amides is 4. The lowest BCUT2D eigenvalue weighted by molar-refractivity contribution is -0.145. The van der Waals surface area contributed by atoms with Crippen molar-refractivity contribution in [3.63, 3.8) is 0 Å². The van der Waals surface area contributed by atoms with Crippen LogP contribution >= 0.6 is 0 Å². The number of rotatable bonds is 4. The number of imide groups is 2. The van der Waals surface area contributed by atoms with Gasteiger partial charge in [0.1, 0.15) is 0 Å². The lowest BCUT2D eigenvalue weighted by Crippen LogP contribution is -2.43. The smallest absolute Gasteiger partial charge is 0.298 e. The Morgan fingerprint density at radius 3 is 2.25 bits per heavy atom. The largest absolute Gasteiger partial charge is 0.416 e. The Morgan fingerprint density at radius 2 is 1.71 bits per heavy atom. The highest BCUT2D eigenvalue weighted by molar-refractivity contribution is 6.45. The zero-order chi connectivity index (χ0) is 18.2. The SMILES string of the molecule is CC(=O)[C@@H](C)N1C(=O)C(=O)N(Cc2ccccc2C(F)(F)F)C1=O. The highest BCUT2D eigenvalue weighted by atomic mass is 19.4. The molecule has 0 aliphatic carbocycles. The van der Waals surface area contributed by atoms with E-state index in [1.54, 1.807) is 0 Å². The van der Waals surface area contributed by atoms with Crippen molar-refractivity contribution in [3.05, 3.63) is 35.4 Å². The molecule has 1 fully saturated rings. The van der Waals surface area contributed by atoms with Gasteiger partial charge >= 0.3 is 24.0 Å². The van der Waals surface area contributed by atoms with E-state index >= 15 is 0 Å². The Morgan fingerprint density at radius 1 is 1.12 bits per heavy atom. The van der Waals surface area contributed by atoms with Gasteiger partial charge in [0.05, 0.1) is 18.2 Å². The summed E-state index contributed by atoms with van der Waals surface area (Å²) < 4.78 is 39.0. The number of carbonyl (C=O) groups excluding carboxylic acids is 4. The molecule has 1 aliphatic rings. The van der Waals surface area contributed by atoms with Crippen LogP contribution in [0.3, 0.4) is 0 Å². The molecule has 1 heterocycles. The molecule has 24 heavy (non-hydrogen) atoms. The van der Waals surface area contributed by atoms with Crippen molar-refractivity contribution in [2.24, 2.45) is 0 Å².